The number of hydrogen-bond acceptors (Lipinski definition) is 5. The van der Waals surface area contributed by atoms with E-state index >= 15 is 0 Å². The first-order valence-electron chi connectivity index (χ1n) is 6.30. The molecule has 1 aromatic heterocycles. The highest BCUT2D eigenvalue weighted by Gasteiger charge is 2.14. The topological polar surface area (TPSA) is 85.8 Å². The molecule has 0 atom stereocenters. The second kappa shape index (κ2) is 6.63. The molecule has 0 unspecified atom stereocenters. The van der Waals surface area contributed by atoms with Gasteiger partial charge in [0.25, 0.3) is 0 Å². The zero-order chi connectivity index (χ0) is 12.8. The number of nitrogen functional groups attached to an aromatic ring is 1. The van der Waals surface area contributed by atoms with Crippen LogP contribution in [-0.4, -0.2) is 33.1 Å². The van der Waals surface area contributed by atoms with Gasteiger partial charge in [-0.25, -0.2) is 4.68 Å². The van der Waals surface area contributed by atoms with Crippen molar-refractivity contribution in [2.75, 3.05) is 18.1 Å². The van der Waals surface area contributed by atoms with Crippen LogP contribution >= 0.6 is 11.8 Å². The molecule has 1 amide bonds. The van der Waals surface area contributed by atoms with E-state index in [-0.39, 0.29) is 5.91 Å². The van der Waals surface area contributed by atoms with E-state index in [1.165, 1.54) is 54.9 Å². The Morgan fingerprint density at radius 1 is 1.50 bits per heavy atom. The average molecular weight is 269 g/mol. The Balaban J connectivity index is 1.64. The van der Waals surface area contributed by atoms with Crippen LogP contribution in [-0.2, 0) is 4.79 Å². The van der Waals surface area contributed by atoms with E-state index in [1.54, 1.807) is 0 Å². The fourth-order valence-electron chi connectivity index (χ4n) is 2.17. The summed E-state index contributed by atoms with van der Waals surface area (Å²) in [5, 5.41) is 11.0. The van der Waals surface area contributed by atoms with Crippen LogP contribution in [0.2, 0.25) is 0 Å². The zero-order valence-electron chi connectivity index (χ0n) is 10.3. The van der Waals surface area contributed by atoms with Crippen LogP contribution in [0.4, 0.5) is 0 Å². The Morgan fingerprint density at radius 2 is 2.28 bits per heavy atom. The third kappa shape index (κ3) is 3.90. The first-order chi connectivity index (χ1) is 8.75. The first-order valence-corrected chi connectivity index (χ1v) is 7.29. The van der Waals surface area contributed by atoms with Gasteiger partial charge in [-0.3, -0.25) is 4.79 Å². The summed E-state index contributed by atoms with van der Waals surface area (Å²) in [4.78, 5) is 11.7. The predicted octanol–water partition coefficient (Wildman–Crippen LogP) is 0.780. The maximum atomic E-state index is 11.7. The number of nitrogens with one attached hydrogen (secondary N) is 1. The molecule has 7 heteroatoms. The third-order valence-corrected chi connectivity index (χ3v) is 4.14. The van der Waals surface area contributed by atoms with E-state index in [0.29, 0.717) is 16.8 Å². The van der Waals surface area contributed by atoms with Crippen LogP contribution in [0.3, 0.4) is 0 Å². The number of rotatable bonds is 5. The molecule has 6 nitrogen and oxygen atoms in total. The van der Waals surface area contributed by atoms with Crippen molar-refractivity contribution in [3.63, 3.8) is 0 Å². The minimum absolute atomic E-state index is 0.0357. The normalized spacial score (nSPS) is 16.7. The van der Waals surface area contributed by atoms with E-state index in [4.69, 9.17) is 5.84 Å². The van der Waals surface area contributed by atoms with E-state index in [2.05, 4.69) is 15.5 Å². The molecular weight excluding hydrogens is 250 g/mol. The number of nitrogens with zero attached hydrogens (tertiary/aromatic N) is 3. The highest BCUT2D eigenvalue weighted by Crippen LogP contribution is 2.22. The second-order valence-electron chi connectivity index (χ2n) is 4.62. The lowest BCUT2D eigenvalue weighted by atomic mass is 9.89. The molecule has 3 N–H and O–H groups in total. The molecule has 2 rings (SSSR count). The van der Waals surface area contributed by atoms with Gasteiger partial charge in [-0.05, 0) is 18.8 Å². The van der Waals surface area contributed by atoms with E-state index in [1.807, 2.05) is 0 Å². The highest BCUT2D eigenvalue weighted by atomic mass is 32.2. The largest absolute Gasteiger partial charge is 0.355 e. The van der Waals surface area contributed by atoms with Crippen LogP contribution in [0.5, 0.6) is 0 Å². The summed E-state index contributed by atoms with van der Waals surface area (Å²) in [6.07, 6.45) is 7.83. The van der Waals surface area contributed by atoms with E-state index in [0.717, 1.165) is 6.54 Å². The number of hydrogen-bond donors (Lipinski definition) is 2. The number of amides is 1. The van der Waals surface area contributed by atoms with Gasteiger partial charge in [0.1, 0.15) is 6.33 Å². The quantitative estimate of drug-likeness (QED) is 0.609. The van der Waals surface area contributed by atoms with Crippen molar-refractivity contribution >= 4 is 17.7 Å². The monoisotopic (exact) mass is 269 g/mol. The minimum Gasteiger partial charge on any atom is -0.355 e. The summed E-state index contributed by atoms with van der Waals surface area (Å²) in [6, 6.07) is 0. The number of thioether (sulfide) groups is 1. The van der Waals surface area contributed by atoms with Crippen molar-refractivity contribution in [3.05, 3.63) is 6.33 Å². The fraction of sp³-hybridized carbons (Fsp3) is 0.727. The summed E-state index contributed by atoms with van der Waals surface area (Å²) in [5.74, 6) is 6.59. The average Bonchev–Trinajstić information content (AvgIpc) is 2.81. The fourth-order valence-corrected chi connectivity index (χ4v) is 2.83. The zero-order valence-corrected chi connectivity index (χ0v) is 11.2. The van der Waals surface area contributed by atoms with Crippen molar-refractivity contribution in [1.29, 1.82) is 0 Å². The lowest BCUT2D eigenvalue weighted by molar-refractivity contribution is -0.118. The second-order valence-corrected chi connectivity index (χ2v) is 5.56. The molecule has 1 saturated carbocycles. The highest BCUT2D eigenvalue weighted by molar-refractivity contribution is 7.99. The van der Waals surface area contributed by atoms with Crippen LogP contribution in [0.1, 0.15) is 32.1 Å². The van der Waals surface area contributed by atoms with Gasteiger partial charge in [0.2, 0.25) is 11.1 Å². The van der Waals surface area contributed by atoms with Crippen molar-refractivity contribution < 1.29 is 4.79 Å². The van der Waals surface area contributed by atoms with Crippen LogP contribution in [0, 0.1) is 5.92 Å². The molecule has 0 spiro atoms. The van der Waals surface area contributed by atoms with Crippen molar-refractivity contribution in [1.82, 2.24) is 20.2 Å². The molecule has 1 heterocycles. The Bertz CT molecular complexity index is 389. The molecule has 18 heavy (non-hydrogen) atoms. The molecule has 100 valence electrons. The molecule has 0 aliphatic heterocycles. The Morgan fingerprint density at radius 3 is 2.94 bits per heavy atom. The number of nitrogens with two attached hydrogens (primary N) is 1. The molecular formula is C11H19N5OS. The van der Waals surface area contributed by atoms with Crippen molar-refractivity contribution in [3.8, 4) is 0 Å². The summed E-state index contributed by atoms with van der Waals surface area (Å²) in [6.45, 7) is 0.800. The van der Waals surface area contributed by atoms with Gasteiger partial charge in [-0.1, -0.05) is 31.0 Å². The summed E-state index contributed by atoms with van der Waals surface area (Å²) >= 11 is 1.30. The van der Waals surface area contributed by atoms with Crippen LogP contribution in [0.25, 0.3) is 0 Å². The molecule has 1 fully saturated rings. The first kappa shape index (κ1) is 13.2. The molecule has 0 bridgehead atoms. The number of aromatic nitrogens is 3. The summed E-state index contributed by atoms with van der Waals surface area (Å²) in [7, 11) is 0. The molecule has 1 aliphatic carbocycles. The lowest BCUT2D eigenvalue weighted by Gasteiger charge is -2.21. The Hall–Kier alpha value is -1.24. The standard InChI is InChI=1S/C11H19N5OS/c12-16-8-14-15-11(16)18-7-10(17)13-6-9-4-2-1-3-5-9/h8-9H,1-7,12H2,(H,13,17). The third-order valence-electron chi connectivity index (χ3n) is 3.19. The van der Waals surface area contributed by atoms with Crippen LogP contribution in [0.15, 0.2) is 11.5 Å². The molecule has 0 radical (unpaired) electrons. The van der Waals surface area contributed by atoms with Gasteiger partial charge >= 0.3 is 0 Å². The van der Waals surface area contributed by atoms with Gasteiger partial charge in [0, 0.05) is 6.54 Å². The summed E-state index contributed by atoms with van der Waals surface area (Å²) < 4.78 is 1.32. The van der Waals surface area contributed by atoms with E-state index in [9.17, 15) is 4.79 Å². The Labute approximate surface area is 111 Å². The van der Waals surface area contributed by atoms with Crippen LogP contribution < -0.4 is 11.2 Å². The molecule has 0 saturated heterocycles. The maximum Gasteiger partial charge on any atom is 0.230 e. The molecule has 0 aromatic carbocycles. The number of carbonyl (C=O) groups excluding carboxylic acids is 1. The Kier molecular flexibility index (Phi) is 4.86. The minimum atomic E-state index is 0.0357. The predicted molar refractivity (Wildman–Crippen MR) is 70.5 cm³/mol. The van der Waals surface area contributed by atoms with Gasteiger partial charge < -0.3 is 11.2 Å². The molecule has 1 aromatic rings. The maximum absolute atomic E-state index is 11.7. The van der Waals surface area contributed by atoms with Gasteiger partial charge in [0.15, 0.2) is 0 Å². The van der Waals surface area contributed by atoms with Gasteiger partial charge in [0.05, 0.1) is 5.75 Å². The summed E-state index contributed by atoms with van der Waals surface area (Å²) in [5.41, 5.74) is 0. The van der Waals surface area contributed by atoms with Crippen molar-refractivity contribution in [2.45, 2.75) is 37.3 Å². The van der Waals surface area contributed by atoms with Crippen molar-refractivity contribution in [2.24, 2.45) is 5.92 Å². The SMILES string of the molecule is Nn1cnnc1SCC(=O)NCC1CCCCC1. The lowest BCUT2D eigenvalue weighted by Crippen LogP contribution is -2.31. The van der Waals surface area contributed by atoms with Gasteiger partial charge in [-0.2, -0.15) is 0 Å². The smallest absolute Gasteiger partial charge is 0.230 e. The van der Waals surface area contributed by atoms with Gasteiger partial charge in [-0.15, -0.1) is 10.2 Å². The van der Waals surface area contributed by atoms with E-state index < -0.39 is 0 Å². The number of carbonyl (C=O) groups is 1. The molecule has 1 aliphatic rings.